The molecule has 0 amide bonds. The zero-order valence-electron chi connectivity index (χ0n) is 16.9. The minimum atomic E-state index is 0.378. The van der Waals surface area contributed by atoms with Gasteiger partial charge in [0.15, 0.2) is 11.5 Å². The first-order valence-corrected chi connectivity index (χ1v) is 9.61. The zero-order chi connectivity index (χ0) is 19.7. The molecular formula is C19H27N9. The molecule has 3 aromatic heterocycles. The van der Waals surface area contributed by atoms with Crippen LogP contribution in [-0.4, -0.2) is 76.0 Å². The van der Waals surface area contributed by atoms with E-state index in [0.29, 0.717) is 5.92 Å². The Bertz CT molecular complexity index is 924. The largest absolute Gasteiger partial charge is 0.361 e. The van der Waals surface area contributed by atoms with Crippen molar-refractivity contribution in [3.8, 4) is 0 Å². The second kappa shape index (κ2) is 7.67. The Labute approximate surface area is 165 Å². The number of hydrogen-bond acceptors (Lipinski definition) is 8. The van der Waals surface area contributed by atoms with Crippen molar-refractivity contribution >= 4 is 17.4 Å². The Morgan fingerprint density at radius 2 is 1.68 bits per heavy atom. The van der Waals surface area contributed by atoms with Crippen LogP contribution in [-0.2, 0) is 6.54 Å². The summed E-state index contributed by atoms with van der Waals surface area (Å²) in [6.07, 6.45) is 5.94. The molecule has 0 atom stereocenters. The van der Waals surface area contributed by atoms with Gasteiger partial charge in [-0.15, -0.1) is 15.3 Å². The fraction of sp³-hybridized carbons (Fsp3) is 0.526. The van der Waals surface area contributed by atoms with Crippen LogP contribution in [0.25, 0.3) is 5.65 Å². The average molecular weight is 381 g/mol. The molecule has 148 valence electrons. The van der Waals surface area contributed by atoms with E-state index in [1.807, 2.05) is 67.0 Å². The van der Waals surface area contributed by atoms with Gasteiger partial charge in [-0.2, -0.15) is 4.52 Å². The lowest BCUT2D eigenvalue weighted by Gasteiger charge is -2.30. The quantitative estimate of drug-likeness (QED) is 0.657. The van der Waals surface area contributed by atoms with Crippen molar-refractivity contribution in [3.05, 3.63) is 35.9 Å². The van der Waals surface area contributed by atoms with Crippen molar-refractivity contribution < 1.29 is 0 Å². The zero-order valence-corrected chi connectivity index (χ0v) is 16.9. The fourth-order valence-electron chi connectivity index (χ4n) is 3.56. The molecule has 4 rings (SSSR count). The van der Waals surface area contributed by atoms with Crippen molar-refractivity contribution in [2.75, 3.05) is 51.1 Å². The third kappa shape index (κ3) is 3.75. The minimum absolute atomic E-state index is 0.378. The van der Waals surface area contributed by atoms with E-state index in [2.05, 4.69) is 25.1 Å². The molecule has 0 aliphatic carbocycles. The van der Waals surface area contributed by atoms with Gasteiger partial charge in [0, 0.05) is 58.6 Å². The molecule has 28 heavy (non-hydrogen) atoms. The summed E-state index contributed by atoms with van der Waals surface area (Å²) in [4.78, 5) is 15.2. The first-order chi connectivity index (χ1) is 13.5. The maximum Gasteiger partial charge on any atom is 0.224 e. The van der Waals surface area contributed by atoms with Crippen LogP contribution in [0.3, 0.4) is 0 Å². The molecule has 1 fully saturated rings. The maximum absolute atomic E-state index is 4.70. The number of nitrogens with zero attached hydrogens (tertiary/aromatic N) is 9. The summed E-state index contributed by atoms with van der Waals surface area (Å²) in [6.45, 7) is 2.91. The molecule has 0 radical (unpaired) electrons. The van der Waals surface area contributed by atoms with E-state index in [1.54, 1.807) is 0 Å². The van der Waals surface area contributed by atoms with Gasteiger partial charge in [0.2, 0.25) is 5.95 Å². The molecule has 0 N–H and O–H groups in total. The van der Waals surface area contributed by atoms with E-state index in [-0.39, 0.29) is 0 Å². The molecule has 0 aromatic carbocycles. The number of anilines is 2. The first-order valence-electron chi connectivity index (χ1n) is 9.61. The van der Waals surface area contributed by atoms with Gasteiger partial charge in [-0.25, -0.2) is 9.97 Å². The maximum atomic E-state index is 4.70. The highest BCUT2D eigenvalue weighted by Crippen LogP contribution is 2.28. The number of piperidine rings is 1. The predicted molar refractivity (Wildman–Crippen MR) is 109 cm³/mol. The Morgan fingerprint density at radius 3 is 2.32 bits per heavy atom. The lowest BCUT2D eigenvalue weighted by molar-refractivity contribution is 0.200. The minimum Gasteiger partial charge on any atom is -0.361 e. The van der Waals surface area contributed by atoms with Gasteiger partial charge >= 0.3 is 0 Å². The molecule has 4 heterocycles. The molecular weight excluding hydrogens is 354 g/mol. The monoisotopic (exact) mass is 381 g/mol. The van der Waals surface area contributed by atoms with Gasteiger partial charge in [-0.1, -0.05) is 0 Å². The molecule has 3 aromatic rings. The molecule has 1 aliphatic rings. The highest BCUT2D eigenvalue weighted by atomic mass is 15.4. The van der Waals surface area contributed by atoms with E-state index in [1.165, 1.54) is 0 Å². The Kier molecular flexibility index (Phi) is 5.08. The van der Waals surface area contributed by atoms with Crippen LogP contribution in [0.5, 0.6) is 0 Å². The van der Waals surface area contributed by atoms with E-state index >= 15 is 0 Å². The van der Waals surface area contributed by atoms with Crippen LogP contribution in [0.4, 0.5) is 11.8 Å². The molecule has 1 aliphatic heterocycles. The Morgan fingerprint density at radius 1 is 0.964 bits per heavy atom. The third-order valence-electron chi connectivity index (χ3n) is 5.18. The number of aromatic nitrogens is 6. The number of rotatable bonds is 5. The van der Waals surface area contributed by atoms with Gasteiger partial charge in [0.25, 0.3) is 0 Å². The summed E-state index contributed by atoms with van der Waals surface area (Å²) < 4.78 is 1.91. The lowest BCUT2D eigenvalue weighted by Crippen LogP contribution is -2.33. The smallest absolute Gasteiger partial charge is 0.224 e. The summed E-state index contributed by atoms with van der Waals surface area (Å²) in [6, 6.07) is 3.95. The standard InChI is InChI=1S/C19H27N9/c1-25(2)17-6-5-16-22-23-18(28(16)24-17)15-7-9-27(10-8-15)13-14-11-20-19(21-12-14)26(3)4/h5-6,11-12,15H,7-10,13H2,1-4H3. The normalized spacial score (nSPS) is 15.9. The van der Waals surface area contributed by atoms with E-state index in [4.69, 9.17) is 5.10 Å². The summed E-state index contributed by atoms with van der Waals surface area (Å²) in [5, 5.41) is 13.4. The molecule has 0 bridgehead atoms. The third-order valence-corrected chi connectivity index (χ3v) is 5.18. The lowest BCUT2D eigenvalue weighted by atomic mass is 9.96. The Balaban J connectivity index is 1.41. The summed E-state index contributed by atoms with van der Waals surface area (Å²) in [5.41, 5.74) is 1.95. The van der Waals surface area contributed by atoms with Crippen LogP contribution in [0.15, 0.2) is 24.5 Å². The highest BCUT2D eigenvalue weighted by Gasteiger charge is 2.25. The molecule has 0 unspecified atom stereocenters. The molecule has 0 saturated carbocycles. The van der Waals surface area contributed by atoms with Gasteiger partial charge in [0.1, 0.15) is 5.82 Å². The van der Waals surface area contributed by atoms with Gasteiger partial charge in [-0.05, 0) is 38.1 Å². The number of hydrogen-bond donors (Lipinski definition) is 0. The molecule has 9 nitrogen and oxygen atoms in total. The van der Waals surface area contributed by atoms with Gasteiger partial charge < -0.3 is 9.80 Å². The average Bonchev–Trinajstić information content (AvgIpc) is 3.12. The van der Waals surface area contributed by atoms with E-state index in [9.17, 15) is 0 Å². The van der Waals surface area contributed by atoms with Crippen LogP contribution >= 0.6 is 0 Å². The summed E-state index contributed by atoms with van der Waals surface area (Å²) >= 11 is 0. The van der Waals surface area contributed by atoms with Crippen molar-refractivity contribution in [2.45, 2.75) is 25.3 Å². The van der Waals surface area contributed by atoms with Crippen LogP contribution in [0.1, 0.15) is 30.1 Å². The van der Waals surface area contributed by atoms with Gasteiger partial charge in [0.05, 0.1) is 0 Å². The summed E-state index contributed by atoms with van der Waals surface area (Å²) in [5.74, 6) is 3.00. The second-order valence-corrected chi connectivity index (χ2v) is 7.75. The number of fused-ring (bicyclic) bond motifs is 1. The van der Waals surface area contributed by atoms with Crippen molar-refractivity contribution in [3.63, 3.8) is 0 Å². The van der Waals surface area contributed by atoms with E-state index < -0.39 is 0 Å². The predicted octanol–water partition coefficient (Wildman–Crippen LogP) is 1.43. The first kappa shape index (κ1) is 18.5. The van der Waals surface area contributed by atoms with E-state index in [0.717, 1.165) is 61.3 Å². The van der Waals surface area contributed by atoms with Crippen LogP contribution in [0.2, 0.25) is 0 Å². The van der Waals surface area contributed by atoms with Crippen molar-refractivity contribution in [1.29, 1.82) is 0 Å². The van der Waals surface area contributed by atoms with Gasteiger partial charge in [-0.3, -0.25) is 4.90 Å². The van der Waals surface area contributed by atoms with Crippen molar-refractivity contribution in [2.24, 2.45) is 0 Å². The number of likely N-dealkylation sites (tertiary alicyclic amines) is 1. The highest BCUT2D eigenvalue weighted by molar-refractivity contribution is 5.45. The molecule has 0 spiro atoms. The van der Waals surface area contributed by atoms with Crippen molar-refractivity contribution in [1.82, 2.24) is 34.7 Å². The fourth-order valence-corrected chi connectivity index (χ4v) is 3.56. The summed E-state index contributed by atoms with van der Waals surface area (Å²) in [7, 11) is 7.88. The van der Waals surface area contributed by atoms with Crippen LogP contribution < -0.4 is 9.80 Å². The Hall–Kier alpha value is -2.81. The SMILES string of the molecule is CN(C)c1ccc2nnc(C3CCN(Cc4cnc(N(C)C)nc4)CC3)n2n1. The topological polar surface area (TPSA) is 78.6 Å². The second-order valence-electron chi connectivity index (χ2n) is 7.75. The van der Waals surface area contributed by atoms with Crippen LogP contribution in [0, 0.1) is 0 Å². The molecule has 1 saturated heterocycles. The molecule has 9 heteroatoms.